The first kappa shape index (κ1) is 57.0. The summed E-state index contributed by atoms with van der Waals surface area (Å²) < 4.78 is 33.3. The second-order valence-electron chi connectivity index (χ2n) is 17.0. The normalized spacial score (nSPS) is 13.1. The third-order valence-electron chi connectivity index (χ3n) is 11.2. The molecule has 0 saturated heterocycles. The Morgan fingerprint density at radius 1 is 0.466 bits per heavy atom. The molecule has 2 unspecified atom stereocenters. The van der Waals surface area contributed by atoms with Crippen LogP contribution in [0.15, 0.2) is 0 Å². The Labute approximate surface area is 359 Å². The minimum absolute atomic E-state index is 0.0114. The molecule has 10 heteroatoms. The number of carbonyl (C=O) groups is 2. The van der Waals surface area contributed by atoms with E-state index in [2.05, 4.69) is 19.2 Å². The van der Waals surface area contributed by atoms with Crippen LogP contribution < -0.4 is 5.32 Å². The number of likely N-dealkylation sites (N-methyl/N-ethyl adjacent to an activating group) is 1. The van der Waals surface area contributed by atoms with Crippen molar-refractivity contribution in [3.63, 3.8) is 0 Å². The summed E-state index contributed by atoms with van der Waals surface area (Å²) in [4.78, 5) is 35.2. The van der Waals surface area contributed by atoms with Gasteiger partial charge in [-0.2, -0.15) is 0 Å². The molecule has 0 aromatic carbocycles. The Morgan fingerprint density at radius 3 is 1.10 bits per heavy atom. The average molecular weight is 846 g/mol. The van der Waals surface area contributed by atoms with E-state index in [1.54, 1.807) is 7.05 Å². The molecular formula is C48H96NO8P. The van der Waals surface area contributed by atoms with Crippen molar-refractivity contribution in [3.05, 3.63) is 0 Å². The number of carbonyl (C=O) groups excluding carboxylic acids is 2. The Kier molecular flexibility index (Phi) is 44.8. The second kappa shape index (κ2) is 45.5. The van der Waals surface area contributed by atoms with Gasteiger partial charge in [-0.1, -0.05) is 232 Å². The first-order valence-corrected chi connectivity index (χ1v) is 26.5. The molecule has 0 radical (unpaired) electrons. The van der Waals surface area contributed by atoms with Gasteiger partial charge in [-0.05, 0) is 19.9 Å². The van der Waals surface area contributed by atoms with Gasteiger partial charge >= 0.3 is 19.8 Å². The molecule has 0 rings (SSSR count). The van der Waals surface area contributed by atoms with Gasteiger partial charge < -0.3 is 19.7 Å². The number of hydrogen-bond acceptors (Lipinski definition) is 8. The SMILES string of the molecule is CCCCCCCCCCCCCCCCCCCCCC(=O)OC(COC(=O)CCCCCCCCCCCCCCCCCCC)COP(=O)(O)OCCNC. The zero-order valence-electron chi connectivity index (χ0n) is 38.5. The number of phosphoric acid groups is 1. The topological polar surface area (TPSA) is 120 Å². The molecular weight excluding hydrogens is 750 g/mol. The Balaban J connectivity index is 4.08. The quantitative estimate of drug-likeness (QED) is 0.0350. The van der Waals surface area contributed by atoms with E-state index >= 15 is 0 Å². The maximum Gasteiger partial charge on any atom is 0.472 e. The fourth-order valence-electron chi connectivity index (χ4n) is 7.44. The fraction of sp³-hybridized carbons (Fsp3) is 0.958. The lowest BCUT2D eigenvalue weighted by molar-refractivity contribution is -0.161. The molecule has 2 N–H and O–H groups in total. The van der Waals surface area contributed by atoms with Gasteiger partial charge in [-0.15, -0.1) is 0 Å². The van der Waals surface area contributed by atoms with Gasteiger partial charge in [0, 0.05) is 19.4 Å². The zero-order chi connectivity index (χ0) is 42.5. The molecule has 0 spiro atoms. The van der Waals surface area contributed by atoms with Gasteiger partial charge in [0.1, 0.15) is 6.61 Å². The molecule has 0 aliphatic rings. The molecule has 0 aliphatic carbocycles. The van der Waals surface area contributed by atoms with Gasteiger partial charge in [-0.25, -0.2) is 4.57 Å². The van der Waals surface area contributed by atoms with Crippen LogP contribution in [0.3, 0.4) is 0 Å². The molecule has 0 bridgehead atoms. The maximum absolute atomic E-state index is 12.7. The van der Waals surface area contributed by atoms with Crippen molar-refractivity contribution in [2.24, 2.45) is 0 Å². The molecule has 346 valence electrons. The van der Waals surface area contributed by atoms with Crippen LogP contribution >= 0.6 is 7.82 Å². The van der Waals surface area contributed by atoms with E-state index in [9.17, 15) is 19.0 Å². The first-order valence-electron chi connectivity index (χ1n) is 25.0. The zero-order valence-corrected chi connectivity index (χ0v) is 39.4. The predicted octanol–water partition coefficient (Wildman–Crippen LogP) is 14.7. The second-order valence-corrected chi connectivity index (χ2v) is 18.5. The van der Waals surface area contributed by atoms with Crippen molar-refractivity contribution < 1.29 is 37.6 Å². The van der Waals surface area contributed by atoms with Crippen LogP contribution in [0.2, 0.25) is 0 Å². The molecule has 9 nitrogen and oxygen atoms in total. The minimum atomic E-state index is -4.34. The van der Waals surface area contributed by atoms with E-state index < -0.39 is 26.5 Å². The van der Waals surface area contributed by atoms with Crippen LogP contribution in [0.4, 0.5) is 0 Å². The lowest BCUT2D eigenvalue weighted by Gasteiger charge is -2.20. The number of hydrogen-bond donors (Lipinski definition) is 2. The molecule has 0 aliphatic heterocycles. The summed E-state index contributed by atoms with van der Waals surface area (Å²) in [6.45, 7) is 4.29. The molecule has 58 heavy (non-hydrogen) atoms. The number of unbranched alkanes of at least 4 members (excludes halogenated alkanes) is 34. The van der Waals surface area contributed by atoms with E-state index in [4.69, 9.17) is 18.5 Å². The van der Waals surface area contributed by atoms with Crippen LogP contribution in [-0.4, -0.2) is 56.3 Å². The van der Waals surface area contributed by atoms with Gasteiger partial charge in [0.25, 0.3) is 0 Å². The number of nitrogens with one attached hydrogen (secondary N) is 1. The monoisotopic (exact) mass is 846 g/mol. The summed E-state index contributed by atoms with van der Waals surface area (Å²) in [5, 5.41) is 2.83. The summed E-state index contributed by atoms with van der Waals surface area (Å²) in [5.74, 6) is -0.785. The summed E-state index contributed by atoms with van der Waals surface area (Å²) >= 11 is 0. The summed E-state index contributed by atoms with van der Waals surface area (Å²) in [5.41, 5.74) is 0. The standard InChI is InChI=1S/C48H96NO8P/c1-4-6-8-10-12-14-16-18-20-22-23-25-27-29-31-33-35-37-39-41-48(51)57-46(45-56-58(52,53)55-43-42-49-3)44-54-47(50)40-38-36-34-32-30-28-26-24-21-19-17-15-13-11-9-7-5-2/h46,49H,4-45H2,1-3H3,(H,52,53). The molecule has 0 fully saturated rings. The van der Waals surface area contributed by atoms with Gasteiger partial charge in [0.15, 0.2) is 6.10 Å². The van der Waals surface area contributed by atoms with Crippen molar-refractivity contribution in [2.75, 3.05) is 33.4 Å². The Hall–Kier alpha value is -0.990. The number of esters is 2. The third-order valence-corrected chi connectivity index (χ3v) is 12.2. The van der Waals surface area contributed by atoms with Crippen LogP contribution in [0.25, 0.3) is 0 Å². The highest BCUT2D eigenvalue weighted by Crippen LogP contribution is 2.43. The van der Waals surface area contributed by atoms with Crippen molar-refractivity contribution in [2.45, 2.75) is 264 Å². The van der Waals surface area contributed by atoms with E-state index in [0.717, 1.165) is 38.5 Å². The van der Waals surface area contributed by atoms with Crippen molar-refractivity contribution in [1.82, 2.24) is 5.32 Å². The van der Waals surface area contributed by atoms with Gasteiger partial charge in [-0.3, -0.25) is 18.6 Å². The lowest BCUT2D eigenvalue weighted by atomic mass is 10.0. The summed E-state index contributed by atoms with van der Waals surface area (Å²) in [7, 11) is -2.64. The predicted molar refractivity (Wildman–Crippen MR) is 243 cm³/mol. The minimum Gasteiger partial charge on any atom is -0.462 e. The van der Waals surface area contributed by atoms with Crippen LogP contribution in [-0.2, 0) is 32.7 Å². The van der Waals surface area contributed by atoms with E-state index in [1.165, 1.54) is 193 Å². The van der Waals surface area contributed by atoms with Gasteiger partial charge in [0.2, 0.25) is 0 Å². The van der Waals surface area contributed by atoms with E-state index in [1.807, 2.05) is 0 Å². The number of ether oxygens (including phenoxy) is 2. The van der Waals surface area contributed by atoms with Crippen LogP contribution in [0, 0.1) is 0 Å². The highest BCUT2D eigenvalue weighted by molar-refractivity contribution is 7.47. The van der Waals surface area contributed by atoms with Gasteiger partial charge in [0.05, 0.1) is 13.2 Å². The summed E-state index contributed by atoms with van der Waals surface area (Å²) in [6, 6.07) is 0. The molecule has 0 aromatic heterocycles. The third kappa shape index (κ3) is 44.6. The van der Waals surface area contributed by atoms with Crippen LogP contribution in [0.5, 0.6) is 0 Å². The van der Waals surface area contributed by atoms with Crippen molar-refractivity contribution in [1.29, 1.82) is 0 Å². The largest absolute Gasteiger partial charge is 0.472 e. The van der Waals surface area contributed by atoms with Crippen molar-refractivity contribution >= 4 is 19.8 Å². The molecule has 0 heterocycles. The highest BCUT2D eigenvalue weighted by atomic mass is 31.2. The fourth-order valence-corrected chi connectivity index (χ4v) is 8.19. The molecule has 0 amide bonds. The molecule has 0 saturated carbocycles. The summed E-state index contributed by atoms with van der Waals surface area (Å²) in [6.07, 6.45) is 45.8. The van der Waals surface area contributed by atoms with E-state index in [-0.39, 0.29) is 25.6 Å². The Bertz CT molecular complexity index is 922. The lowest BCUT2D eigenvalue weighted by Crippen LogP contribution is -2.29. The Morgan fingerprint density at radius 2 is 0.776 bits per heavy atom. The van der Waals surface area contributed by atoms with Crippen molar-refractivity contribution in [3.8, 4) is 0 Å². The van der Waals surface area contributed by atoms with E-state index in [0.29, 0.717) is 13.0 Å². The molecule has 2 atom stereocenters. The number of rotatable bonds is 48. The number of phosphoric ester groups is 1. The molecule has 0 aromatic rings. The average Bonchev–Trinajstić information content (AvgIpc) is 3.21. The van der Waals surface area contributed by atoms with Crippen LogP contribution in [0.1, 0.15) is 258 Å². The smallest absolute Gasteiger partial charge is 0.462 e. The first-order chi connectivity index (χ1) is 28.3. The maximum atomic E-state index is 12.7. The highest BCUT2D eigenvalue weighted by Gasteiger charge is 2.26.